The van der Waals surface area contributed by atoms with Gasteiger partial charge in [0.15, 0.2) is 5.75 Å². The van der Waals surface area contributed by atoms with E-state index in [2.05, 4.69) is 0 Å². The summed E-state index contributed by atoms with van der Waals surface area (Å²) in [7, 11) is 0. The van der Waals surface area contributed by atoms with Crippen molar-refractivity contribution in [2.24, 2.45) is 0 Å². The Kier molecular flexibility index (Phi) is 3.37. The summed E-state index contributed by atoms with van der Waals surface area (Å²) in [5.74, 6) is 1.71. The fourth-order valence-electron chi connectivity index (χ4n) is 1.47. The molecule has 0 saturated carbocycles. The monoisotopic (exact) mass is 233 g/mol. The molecule has 0 bridgehead atoms. The molecule has 1 aromatic heterocycles. The SMILES string of the molecule is CSCCOc1c(C#N)oc2ccccc12. The molecule has 4 heteroatoms. The minimum Gasteiger partial charge on any atom is -0.487 e. The van der Waals surface area contributed by atoms with Crippen molar-refractivity contribution in [3.05, 3.63) is 30.0 Å². The lowest BCUT2D eigenvalue weighted by Crippen LogP contribution is -2.00. The van der Waals surface area contributed by atoms with E-state index < -0.39 is 0 Å². The molecule has 0 spiro atoms. The molecular weight excluding hydrogens is 222 g/mol. The molecule has 16 heavy (non-hydrogen) atoms. The fourth-order valence-corrected chi connectivity index (χ4v) is 1.72. The van der Waals surface area contributed by atoms with Crippen molar-refractivity contribution in [3.63, 3.8) is 0 Å². The molecule has 0 fully saturated rings. The standard InChI is InChI=1S/C12H11NO2S/c1-16-7-6-14-12-9-4-2-3-5-10(9)15-11(12)8-13/h2-5H,6-7H2,1H3. The van der Waals surface area contributed by atoms with Gasteiger partial charge >= 0.3 is 0 Å². The van der Waals surface area contributed by atoms with Crippen LogP contribution in [0, 0.1) is 11.3 Å². The predicted octanol–water partition coefficient (Wildman–Crippen LogP) is 3.05. The summed E-state index contributed by atoms with van der Waals surface area (Å²) in [5, 5.41) is 9.81. The minimum atomic E-state index is 0.252. The summed E-state index contributed by atoms with van der Waals surface area (Å²) < 4.78 is 11.0. The number of hydrogen-bond donors (Lipinski definition) is 0. The summed E-state index contributed by atoms with van der Waals surface area (Å²) in [4.78, 5) is 0. The molecule has 0 aliphatic heterocycles. The summed E-state index contributed by atoms with van der Waals surface area (Å²) in [6.07, 6.45) is 2.02. The Morgan fingerprint density at radius 2 is 2.25 bits per heavy atom. The number of furan rings is 1. The molecule has 0 saturated heterocycles. The number of thioether (sulfide) groups is 1. The van der Waals surface area contributed by atoms with Gasteiger partial charge in [-0.05, 0) is 18.4 Å². The van der Waals surface area contributed by atoms with Gasteiger partial charge in [0, 0.05) is 5.75 Å². The minimum absolute atomic E-state index is 0.252. The Morgan fingerprint density at radius 1 is 1.44 bits per heavy atom. The molecule has 2 rings (SSSR count). The van der Waals surface area contributed by atoms with Crippen LogP contribution < -0.4 is 4.74 Å². The number of benzene rings is 1. The van der Waals surface area contributed by atoms with E-state index in [4.69, 9.17) is 14.4 Å². The highest BCUT2D eigenvalue weighted by Crippen LogP contribution is 2.32. The van der Waals surface area contributed by atoms with Gasteiger partial charge in [-0.15, -0.1) is 0 Å². The van der Waals surface area contributed by atoms with Gasteiger partial charge in [0.2, 0.25) is 5.76 Å². The Bertz CT molecular complexity index is 527. The van der Waals surface area contributed by atoms with E-state index in [-0.39, 0.29) is 5.76 Å². The van der Waals surface area contributed by atoms with Gasteiger partial charge in [-0.2, -0.15) is 17.0 Å². The Labute approximate surface area is 98.0 Å². The number of nitriles is 1. The highest BCUT2D eigenvalue weighted by molar-refractivity contribution is 7.98. The van der Waals surface area contributed by atoms with Crippen molar-refractivity contribution in [1.29, 1.82) is 5.26 Å². The number of ether oxygens (including phenoxy) is 1. The van der Waals surface area contributed by atoms with Gasteiger partial charge in [0.25, 0.3) is 0 Å². The molecule has 0 atom stereocenters. The molecule has 1 heterocycles. The molecule has 0 N–H and O–H groups in total. The van der Waals surface area contributed by atoms with Crippen molar-refractivity contribution >= 4 is 22.7 Å². The second kappa shape index (κ2) is 4.95. The number of nitrogens with zero attached hydrogens (tertiary/aromatic N) is 1. The van der Waals surface area contributed by atoms with Crippen LogP contribution in [0.2, 0.25) is 0 Å². The number of rotatable bonds is 4. The zero-order valence-electron chi connectivity index (χ0n) is 8.90. The average Bonchev–Trinajstić information content (AvgIpc) is 2.68. The first-order chi connectivity index (χ1) is 7.86. The average molecular weight is 233 g/mol. The van der Waals surface area contributed by atoms with E-state index in [1.165, 1.54) is 0 Å². The van der Waals surface area contributed by atoms with E-state index in [1.807, 2.05) is 36.6 Å². The zero-order chi connectivity index (χ0) is 11.4. The third-order valence-corrected chi connectivity index (χ3v) is 2.76. The third kappa shape index (κ3) is 2.00. The van der Waals surface area contributed by atoms with Gasteiger partial charge < -0.3 is 9.15 Å². The van der Waals surface area contributed by atoms with Crippen molar-refractivity contribution < 1.29 is 9.15 Å². The first kappa shape index (κ1) is 10.9. The maximum absolute atomic E-state index is 8.95. The number of fused-ring (bicyclic) bond motifs is 1. The lowest BCUT2D eigenvalue weighted by molar-refractivity contribution is 0.340. The van der Waals surface area contributed by atoms with Crippen molar-refractivity contribution in [2.75, 3.05) is 18.6 Å². The van der Waals surface area contributed by atoms with Crippen LogP contribution in [-0.4, -0.2) is 18.6 Å². The topological polar surface area (TPSA) is 46.2 Å². The molecule has 0 unspecified atom stereocenters. The molecule has 82 valence electrons. The Hall–Kier alpha value is -1.60. The Balaban J connectivity index is 2.37. The van der Waals surface area contributed by atoms with Crippen LogP contribution in [0.25, 0.3) is 11.0 Å². The van der Waals surface area contributed by atoms with Crippen LogP contribution in [0.4, 0.5) is 0 Å². The van der Waals surface area contributed by atoms with E-state index >= 15 is 0 Å². The van der Waals surface area contributed by atoms with Crippen molar-refractivity contribution in [3.8, 4) is 11.8 Å². The second-order valence-corrected chi connectivity index (χ2v) is 4.20. The van der Waals surface area contributed by atoms with Crippen molar-refractivity contribution in [2.45, 2.75) is 0 Å². The molecular formula is C12H11NO2S. The van der Waals surface area contributed by atoms with Gasteiger partial charge in [0.05, 0.1) is 12.0 Å². The molecule has 0 aliphatic carbocycles. The molecule has 3 nitrogen and oxygen atoms in total. The molecule has 2 aromatic rings. The summed E-state index contributed by atoms with van der Waals surface area (Å²) in [6, 6.07) is 9.52. The first-order valence-electron chi connectivity index (χ1n) is 4.90. The lowest BCUT2D eigenvalue weighted by Gasteiger charge is -2.02. The highest BCUT2D eigenvalue weighted by atomic mass is 32.2. The summed E-state index contributed by atoms with van der Waals surface area (Å²) >= 11 is 1.70. The van der Waals surface area contributed by atoms with Crippen LogP contribution in [0.15, 0.2) is 28.7 Å². The maximum atomic E-state index is 8.95. The molecule has 0 radical (unpaired) electrons. The van der Waals surface area contributed by atoms with Crippen LogP contribution >= 0.6 is 11.8 Å². The van der Waals surface area contributed by atoms with Crippen LogP contribution in [0.5, 0.6) is 5.75 Å². The van der Waals surface area contributed by atoms with Gasteiger partial charge in [-0.25, -0.2) is 0 Å². The molecule has 0 aliphatic rings. The Morgan fingerprint density at radius 3 is 3.00 bits per heavy atom. The van der Waals surface area contributed by atoms with Crippen molar-refractivity contribution in [1.82, 2.24) is 0 Å². The highest BCUT2D eigenvalue weighted by Gasteiger charge is 2.14. The second-order valence-electron chi connectivity index (χ2n) is 3.21. The smallest absolute Gasteiger partial charge is 0.246 e. The lowest BCUT2D eigenvalue weighted by atomic mass is 10.2. The van der Waals surface area contributed by atoms with E-state index in [1.54, 1.807) is 11.8 Å². The van der Waals surface area contributed by atoms with Gasteiger partial charge in [-0.1, -0.05) is 12.1 Å². The largest absolute Gasteiger partial charge is 0.487 e. The predicted molar refractivity (Wildman–Crippen MR) is 64.8 cm³/mol. The van der Waals surface area contributed by atoms with E-state index in [0.717, 1.165) is 11.1 Å². The maximum Gasteiger partial charge on any atom is 0.246 e. The van der Waals surface area contributed by atoms with E-state index in [0.29, 0.717) is 17.9 Å². The number of para-hydroxylation sites is 1. The molecule has 0 amide bonds. The van der Waals surface area contributed by atoms with E-state index in [9.17, 15) is 0 Å². The zero-order valence-corrected chi connectivity index (χ0v) is 9.71. The van der Waals surface area contributed by atoms with Crippen LogP contribution in [0.1, 0.15) is 5.76 Å². The normalized spacial score (nSPS) is 10.2. The third-order valence-electron chi connectivity index (χ3n) is 2.19. The van der Waals surface area contributed by atoms with Crippen LogP contribution in [0.3, 0.4) is 0 Å². The van der Waals surface area contributed by atoms with Gasteiger partial charge in [-0.3, -0.25) is 0 Å². The summed E-state index contributed by atoms with van der Waals surface area (Å²) in [6.45, 7) is 0.583. The van der Waals surface area contributed by atoms with Crippen LogP contribution in [-0.2, 0) is 0 Å². The molecule has 1 aromatic carbocycles. The summed E-state index contributed by atoms with van der Waals surface area (Å²) in [5.41, 5.74) is 0.693. The fraction of sp³-hybridized carbons (Fsp3) is 0.250. The number of hydrogen-bond acceptors (Lipinski definition) is 4. The first-order valence-corrected chi connectivity index (χ1v) is 6.29. The van der Waals surface area contributed by atoms with Gasteiger partial charge in [0.1, 0.15) is 11.7 Å². The quantitative estimate of drug-likeness (QED) is 0.761.